The number of aromatic nitrogens is 2. The Kier molecular flexibility index (Phi) is 4.66. The molecule has 0 aliphatic carbocycles. The van der Waals surface area contributed by atoms with Crippen LogP contribution in [0.4, 0.5) is 0 Å². The van der Waals surface area contributed by atoms with Crippen molar-refractivity contribution in [2.24, 2.45) is 0 Å². The molecule has 0 saturated carbocycles. The molecule has 1 saturated heterocycles. The first-order chi connectivity index (χ1) is 13.9. The summed E-state index contributed by atoms with van der Waals surface area (Å²) >= 11 is 0. The summed E-state index contributed by atoms with van der Waals surface area (Å²) in [5.41, 5.74) is 6.23. The number of pyridine rings is 1. The number of hydrogen-bond donors (Lipinski definition) is 0. The van der Waals surface area contributed by atoms with Crippen LogP contribution in [0.2, 0.25) is 0 Å². The zero-order valence-electron chi connectivity index (χ0n) is 16.9. The summed E-state index contributed by atoms with van der Waals surface area (Å²) in [6.07, 6.45) is 1.78. The minimum absolute atomic E-state index is 0.360. The molecule has 3 aromatic rings. The summed E-state index contributed by atoms with van der Waals surface area (Å²) in [5, 5.41) is 1.03. The van der Waals surface area contributed by atoms with Crippen molar-refractivity contribution in [3.8, 4) is 0 Å². The highest BCUT2D eigenvalue weighted by Gasteiger charge is 2.37. The van der Waals surface area contributed by atoms with Crippen LogP contribution in [0.1, 0.15) is 37.7 Å². The number of benzene rings is 1. The Balaban J connectivity index is 1.98. The number of rotatable bonds is 3. The Bertz CT molecular complexity index is 1210. The Morgan fingerprint density at radius 3 is 2.34 bits per heavy atom. The minimum atomic E-state index is -0.579. The van der Waals surface area contributed by atoms with Crippen molar-refractivity contribution in [2.45, 2.75) is 34.2 Å². The average Bonchev–Trinajstić information content (AvgIpc) is 3.15. The summed E-state index contributed by atoms with van der Waals surface area (Å²) in [4.78, 5) is 29.2. The fourth-order valence-corrected chi connectivity index (χ4v) is 4.07. The van der Waals surface area contributed by atoms with Gasteiger partial charge < -0.3 is 9.30 Å². The molecule has 1 aliphatic rings. The fraction of sp³-hybridized carbons (Fsp3) is 0.208. The number of allylic oxidation sites excluding steroid dienone is 2. The maximum Gasteiger partial charge on any atom is 0.347 e. The lowest BCUT2D eigenvalue weighted by atomic mass is 9.93. The highest BCUT2D eigenvalue weighted by atomic mass is 16.6. The molecular formula is C24H22N2O3. The quantitative estimate of drug-likeness (QED) is 0.375. The van der Waals surface area contributed by atoms with Crippen LogP contribution in [0.5, 0.6) is 0 Å². The lowest BCUT2D eigenvalue weighted by Gasteiger charge is -2.10. The maximum atomic E-state index is 12.5. The van der Waals surface area contributed by atoms with Crippen LogP contribution < -0.4 is 0 Å². The van der Waals surface area contributed by atoms with Gasteiger partial charge in [0.15, 0.2) is 0 Å². The van der Waals surface area contributed by atoms with E-state index in [0.717, 1.165) is 39.0 Å². The van der Waals surface area contributed by atoms with Crippen LogP contribution in [0.15, 0.2) is 65.4 Å². The summed E-state index contributed by atoms with van der Waals surface area (Å²) in [6, 6.07) is 13.9. The third-order valence-electron chi connectivity index (χ3n) is 5.37. The third-order valence-corrected chi connectivity index (χ3v) is 5.37. The molecule has 0 atom stereocenters. The van der Waals surface area contributed by atoms with E-state index in [-0.39, 0.29) is 0 Å². The van der Waals surface area contributed by atoms with Gasteiger partial charge in [-0.2, -0.15) is 0 Å². The second kappa shape index (κ2) is 7.17. The smallest absolute Gasteiger partial charge is 0.347 e. The van der Waals surface area contributed by atoms with E-state index in [1.54, 1.807) is 6.20 Å². The molecule has 0 bridgehead atoms. The number of nitrogens with zero attached hydrogens (tertiary/aromatic N) is 2. The van der Waals surface area contributed by atoms with Gasteiger partial charge in [-0.1, -0.05) is 29.8 Å². The van der Waals surface area contributed by atoms with Gasteiger partial charge in [-0.15, -0.1) is 0 Å². The summed E-state index contributed by atoms with van der Waals surface area (Å²) < 4.78 is 7.13. The normalized spacial score (nSPS) is 15.8. The molecule has 4 rings (SSSR count). The van der Waals surface area contributed by atoms with Gasteiger partial charge in [0.1, 0.15) is 0 Å². The van der Waals surface area contributed by atoms with E-state index in [9.17, 15) is 9.59 Å². The molecule has 5 nitrogen and oxygen atoms in total. The van der Waals surface area contributed by atoms with E-state index >= 15 is 0 Å². The van der Waals surface area contributed by atoms with E-state index in [4.69, 9.17) is 4.74 Å². The number of ether oxygens (including phenoxy) is 1. The van der Waals surface area contributed by atoms with Gasteiger partial charge in [-0.3, -0.25) is 4.98 Å². The summed E-state index contributed by atoms with van der Waals surface area (Å²) in [6.45, 7) is 8.18. The van der Waals surface area contributed by atoms with Crippen molar-refractivity contribution < 1.29 is 14.3 Å². The maximum absolute atomic E-state index is 12.5. The molecule has 1 fully saturated rings. The zero-order valence-corrected chi connectivity index (χ0v) is 16.9. The SMILES string of the molecule is CC(C)=C1C(=O)OC(=O)/C1=C(\C)c1c(C)n(Cc2ccccn2)c2ccccc12. The van der Waals surface area contributed by atoms with Crippen LogP contribution in [0.3, 0.4) is 0 Å². The van der Waals surface area contributed by atoms with Gasteiger partial charge in [0.05, 0.1) is 23.4 Å². The Hall–Kier alpha value is -3.47. The van der Waals surface area contributed by atoms with E-state index < -0.39 is 11.9 Å². The number of carbonyl (C=O) groups excluding carboxylic acids is 2. The van der Waals surface area contributed by atoms with Crippen molar-refractivity contribution in [1.29, 1.82) is 0 Å². The lowest BCUT2D eigenvalue weighted by molar-refractivity contribution is -0.149. The predicted octanol–water partition coefficient (Wildman–Crippen LogP) is 4.59. The van der Waals surface area contributed by atoms with E-state index in [2.05, 4.69) is 15.6 Å². The van der Waals surface area contributed by atoms with Crippen molar-refractivity contribution >= 4 is 28.4 Å². The molecule has 3 heterocycles. The van der Waals surface area contributed by atoms with Gasteiger partial charge in [-0.25, -0.2) is 9.59 Å². The molecule has 0 spiro atoms. The third kappa shape index (κ3) is 3.09. The van der Waals surface area contributed by atoms with Gasteiger partial charge in [0.2, 0.25) is 0 Å². The van der Waals surface area contributed by atoms with Crippen LogP contribution in [0.25, 0.3) is 16.5 Å². The van der Waals surface area contributed by atoms with Crippen LogP contribution >= 0.6 is 0 Å². The summed E-state index contributed by atoms with van der Waals surface area (Å²) in [7, 11) is 0. The van der Waals surface area contributed by atoms with E-state index in [0.29, 0.717) is 17.7 Å². The van der Waals surface area contributed by atoms with Crippen LogP contribution in [-0.2, 0) is 20.9 Å². The number of fused-ring (bicyclic) bond motifs is 1. The zero-order chi connectivity index (χ0) is 20.7. The Labute approximate surface area is 169 Å². The first-order valence-electron chi connectivity index (χ1n) is 9.53. The largest absolute Gasteiger partial charge is 0.386 e. The monoisotopic (exact) mass is 386 g/mol. The molecule has 0 radical (unpaired) electrons. The molecule has 0 amide bonds. The number of para-hydroxylation sites is 1. The number of esters is 2. The average molecular weight is 386 g/mol. The van der Waals surface area contributed by atoms with Crippen molar-refractivity contribution in [3.63, 3.8) is 0 Å². The van der Waals surface area contributed by atoms with Crippen molar-refractivity contribution in [3.05, 3.63) is 82.3 Å². The second-order valence-corrected chi connectivity index (χ2v) is 7.44. The molecule has 1 aromatic carbocycles. The standard InChI is InChI=1S/C24H22N2O3/c1-14(2)20-22(24(28)29-23(20)27)15(3)21-16(4)26(13-17-9-7-8-12-25-17)19-11-6-5-10-18(19)21/h5-12H,13H2,1-4H3/b22-15+. The fourth-order valence-electron chi connectivity index (χ4n) is 4.07. The van der Waals surface area contributed by atoms with E-state index in [1.807, 2.05) is 64.1 Å². The topological polar surface area (TPSA) is 61.2 Å². The molecule has 0 unspecified atom stereocenters. The minimum Gasteiger partial charge on any atom is -0.386 e. The number of hydrogen-bond acceptors (Lipinski definition) is 4. The number of cyclic esters (lactones) is 2. The first-order valence-corrected chi connectivity index (χ1v) is 9.53. The Morgan fingerprint density at radius 1 is 0.966 bits per heavy atom. The van der Waals surface area contributed by atoms with Gasteiger partial charge in [-0.05, 0) is 51.5 Å². The molecule has 5 heteroatoms. The first kappa shape index (κ1) is 18.9. The Morgan fingerprint density at radius 2 is 1.66 bits per heavy atom. The number of carbonyl (C=O) groups is 2. The van der Waals surface area contributed by atoms with Crippen molar-refractivity contribution in [2.75, 3.05) is 0 Å². The van der Waals surface area contributed by atoms with Gasteiger partial charge in [0.25, 0.3) is 0 Å². The van der Waals surface area contributed by atoms with Crippen LogP contribution in [0, 0.1) is 6.92 Å². The van der Waals surface area contributed by atoms with Gasteiger partial charge >= 0.3 is 11.9 Å². The van der Waals surface area contributed by atoms with Crippen molar-refractivity contribution in [1.82, 2.24) is 9.55 Å². The molecule has 2 aromatic heterocycles. The molecular weight excluding hydrogens is 364 g/mol. The molecule has 1 aliphatic heterocycles. The summed E-state index contributed by atoms with van der Waals surface area (Å²) in [5.74, 6) is -1.15. The molecule has 29 heavy (non-hydrogen) atoms. The lowest BCUT2D eigenvalue weighted by Crippen LogP contribution is -2.04. The molecule has 146 valence electrons. The second-order valence-electron chi connectivity index (χ2n) is 7.44. The van der Waals surface area contributed by atoms with E-state index in [1.165, 1.54) is 0 Å². The van der Waals surface area contributed by atoms with Gasteiger partial charge in [0, 0.05) is 28.4 Å². The predicted molar refractivity (Wildman–Crippen MR) is 112 cm³/mol. The molecule has 0 N–H and O–H groups in total. The highest BCUT2D eigenvalue weighted by Crippen LogP contribution is 2.38. The highest BCUT2D eigenvalue weighted by molar-refractivity contribution is 6.22. The van der Waals surface area contributed by atoms with Crippen LogP contribution in [-0.4, -0.2) is 21.5 Å².